The maximum atomic E-state index is 13.0. The zero-order valence-electron chi connectivity index (χ0n) is 14.2. The highest BCUT2D eigenvalue weighted by atomic mass is 16.2. The second-order valence-electron chi connectivity index (χ2n) is 6.65. The van der Waals surface area contributed by atoms with Crippen LogP contribution in [0.2, 0.25) is 0 Å². The highest BCUT2D eigenvalue weighted by Crippen LogP contribution is 2.26. The van der Waals surface area contributed by atoms with Gasteiger partial charge in [0.2, 0.25) is 0 Å². The normalized spacial score (nSPS) is 13.8. The van der Waals surface area contributed by atoms with Crippen LogP contribution in [-0.2, 0) is 13.1 Å². The van der Waals surface area contributed by atoms with E-state index in [1.807, 2.05) is 34.7 Å². The van der Waals surface area contributed by atoms with Gasteiger partial charge in [-0.3, -0.25) is 4.79 Å². The maximum Gasteiger partial charge on any atom is 0.256 e. The first-order valence-electron chi connectivity index (χ1n) is 8.25. The van der Waals surface area contributed by atoms with Crippen molar-refractivity contribution < 1.29 is 4.79 Å². The summed E-state index contributed by atoms with van der Waals surface area (Å²) in [6, 6.07) is 10.4. The maximum absolute atomic E-state index is 13.0. The van der Waals surface area contributed by atoms with Crippen molar-refractivity contribution in [2.45, 2.75) is 39.9 Å². The van der Waals surface area contributed by atoms with Gasteiger partial charge in [0, 0.05) is 24.5 Å². The van der Waals surface area contributed by atoms with Gasteiger partial charge in [0.15, 0.2) is 5.65 Å². The van der Waals surface area contributed by atoms with Gasteiger partial charge in [0.1, 0.15) is 0 Å². The lowest BCUT2D eigenvalue weighted by Gasteiger charge is -2.17. The molecule has 0 saturated heterocycles. The van der Waals surface area contributed by atoms with E-state index in [1.54, 1.807) is 6.20 Å². The van der Waals surface area contributed by atoms with E-state index in [9.17, 15) is 4.79 Å². The van der Waals surface area contributed by atoms with Gasteiger partial charge in [-0.15, -0.1) is 0 Å². The molecule has 1 aliphatic heterocycles. The Labute approximate surface area is 140 Å². The van der Waals surface area contributed by atoms with Gasteiger partial charge in [-0.25, -0.2) is 9.67 Å². The lowest BCUT2D eigenvalue weighted by molar-refractivity contribution is 0.0750. The summed E-state index contributed by atoms with van der Waals surface area (Å²) in [5, 5.41) is 5.31. The van der Waals surface area contributed by atoms with Crippen molar-refractivity contribution >= 4 is 16.9 Å². The topological polar surface area (TPSA) is 51.0 Å². The van der Waals surface area contributed by atoms with E-state index in [0.29, 0.717) is 18.7 Å². The number of fused-ring (bicyclic) bond motifs is 2. The molecule has 0 fully saturated rings. The third-order valence-corrected chi connectivity index (χ3v) is 4.61. The molecule has 0 bridgehead atoms. The smallest absolute Gasteiger partial charge is 0.256 e. The number of aryl methyl sites for hydroxylation is 1. The van der Waals surface area contributed by atoms with Gasteiger partial charge in [-0.1, -0.05) is 24.3 Å². The van der Waals surface area contributed by atoms with Crippen molar-refractivity contribution in [3.63, 3.8) is 0 Å². The van der Waals surface area contributed by atoms with Gasteiger partial charge in [-0.05, 0) is 38.0 Å². The molecule has 122 valence electrons. The lowest BCUT2D eigenvalue weighted by atomic mass is 10.1. The van der Waals surface area contributed by atoms with Crippen LogP contribution in [0.1, 0.15) is 47.1 Å². The lowest BCUT2D eigenvalue weighted by Crippen LogP contribution is -2.26. The SMILES string of the molecule is Cc1nc2c(cnn2C(C)C)cc1C(=O)N1Cc2ccccc2C1. The molecule has 5 nitrogen and oxygen atoms in total. The zero-order valence-corrected chi connectivity index (χ0v) is 14.2. The molecule has 0 saturated carbocycles. The molecule has 0 aliphatic carbocycles. The summed E-state index contributed by atoms with van der Waals surface area (Å²) in [4.78, 5) is 19.5. The average Bonchev–Trinajstić information content (AvgIpc) is 3.16. The summed E-state index contributed by atoms with van der Waals surface area (Å²) in [5.41, 5.74) is 4.71. The first-order valence-corrected chi connectivity index (χ1v) is 8.25. The van der Waals surface area contributed by atoms with Crippen LogP contribution in [0.25, 0.3) is 11.0 Å². The van der Waals surface area contributed by atoms with Crippen LogP contribution >= 0.6 is 0 Å². The van der Waals surface area contributed by atoms with Gasteiger partial charge >= 0.3 is 0 Å². The number of amides is 1. The number of rotatable bonds is 2. The summed E-state index contributed by atoms with van der Waals surface area (Å²) in [5.74, 6) is 0.0374. The molecule has 0 N–H and O–H groups in total. The van der Waals surface area contributed by atoms with Gasteiger partial charge in [0.05, 0.1) is 17.5 Å². The van der Waals surface area contributed by atoms with Crippen LogP contribution < -0.4 is 0 Å². The molecule has 3 aromatic rings. The van der Waals surface area contributed by atoms with Crippen LogP contribution in [0.4, 0.5) is 0 Å². The van der Waals surface area contributed by atoms with E-state index in [4.69, 9.17) is 0 Å². The van der Waals surface area contributed by atoms with E-state index in [0.717, 1.165) is 16.7 Å². The van der Waals surface area contributed by atoms with Crippen molar-refractivity contribution in [3.05, 3.63) is 58.9 Å². The summed E-state index contributed by atoms with van der Waals surface area (Å²) in [7, 11) is 0. The van der Waals surface area contributed by atoms with Crippen LogP contribution in [-0.4, -0.2) is 25.6 Å². The Morgan fingerprint density at radius 2 is 1.83 bits per heavy atom. The molecule has 1 aliphatic rings. The predicted molar refractivity (Wildman–Crippen MR) is 92.7 cm³/mol. The summed E-state index contributed by atoms with van der Waals surface area (Å²) in [6.07, 6.45) is 1.79. The average molecular weight is 320 g/mol. The minimum absolute atomic E-state index is 0.0374. The Morgan fingerprint density at radius 3 is 2.46 bits per heavy atom. The standard InChI is InChI=1S/C19H20N4O/c1-12(2)23-18-16(9-20-23)8-17(13(3)21-18)19(24)22-10-14-6-4-5-7-15(14)11-22/h4-9,12H,10-11H2,1-3H3. The molecule has 1 amide bonds. The molecule has 0 radical (unpaired) electrons. The van der Waals surface area contributed by atoms with E-state index < -0.39 is 0 Å². The van der Waals surface area contributed by atoms with Gasteiger partial charge < -0.3 is 4.90 Å². The quantitative estimate of drug-likeness (QED) is 0.726. The number of benzene rings is 1. The minimum atomic E-state index is 0.0374. The molecule has 24 heavy (non-hydrogen) atoms. The molecule has 0 unspecified atom stereocenters. The Hall–Kier alpha value is -2.69. The summed E-state index contributed by atoms with van der Waals surface area (Å²) < 4.78 is 1.89. The van der Waals surface area contributed by atoms with E-state index in [-0.39, 0.29) is 11.9 Å². The minimum Gasteiger partial charge on any atom is -0.330 e. The molecular weight excluding hydrogens is 300 g/mol. The molecule has 0 spiro atoms. The Morgan fingerprint density at radius 1 is 1.17 bits per heavy atom. The Balaban J connectivity index is 1.69. The second-order valence-corrected chi connectivity index (χ2v) is 6.65. The molecule has 3 heterocycles. The van der Waals surface area contributed by atoms with Gasteiger partial charge in [-0.2, -0.15) is 5.10 Å². The highest BCUT2D eigenvalue weighted by Gasteiger charge is 2.26. The van der Waals surface area contributed by atoms with E-state index in [2.05, 4.69) is 36.1 Å². The van der Waals surface area contributed by atoms with Crippen LogP contribution in [0.5, 0.6) is 0 Å². The molecule has 5 heteroatoms. The molecular formula is C19H20N4O. The highest BCUT2D eigenvalue weighted by molar-refractivity contribution is 5.98. The zero-order chi connectivity index (χ0) is 16.8. The van der Waals surface area contributed by atoms with Crippen LogP contribution in [0.15, 0.2) is 36.5 Å². The summed E-state index contributed by atoms with van der Waals surface area (Å²) in [6.45, 7) is 7.37. The van der Waals surface area contributed by atoms with Crippen molar-refractivity contribution in [1.82, 2.24) is 19.7 Å². The molecule has 4 rings (SSSR count). The second kappa shape index (κ2) is 5.44. The Kier molecular flexibility index (Phi) is 3.37. The van der Waals surface area contributed by atoms with Crippen LogP contribution in [0, 0.1) is 6.92 Å². The van der Waals surface area contributed by atoms with Crippen molar-refractivity contribution in [1.29, 1.82) is 0 Å². The third kappa shape index (κ3) is 2.28. The fraction of sp³-hybridized carbons (Fsp3) is 0.316. The number of pyridine rings is 1. The summed E-state index contributed by atoms with van der Waals surface area (Å²) >= 11 is 0. The first-order chi connectivity index (χ1) is 11.5. The van der Waals surface area contributed by atoms with Crippen molar-refractivity contribution in [3.8, 4) is 0 Å². The van der Waals surface area contributed by atoms with Crippen molar-refractivity contribution in [2.24, 2.45) is 0 Å². The number of nitrogens with zero attached hydrogens (tertiary/aromatic N) is 4. The fourth-order valence-electron chi connectivity index (χ4n) is 3.31. The van der Waals surface area contributed by atoms with Gasteiger partial charge in [0.25, 0.3) is 5.91 Å². The van der Waals surface area contributed by atoms with E-state index >= 15 is 0 Å². The van der Waals surface area contributed by atoms with Crippen molar-refractivity contribution in [2.75, 3.05) is 0 Å². The number of hydrogen-bond acceptors (Lipinski definition) is 3. The Bertz CT molecular complexity index is 917. The number of carbonyl (C=O) groups is 1. The first kappa shape index (κ1) is 14.9. The molecule has 2 aromatic heterocycles. The molecule has 1 aromatic carbocycles. The van der Waals surface area contributed by atoms with Crippen LogP contribution in [0.3, 0.4) is 0 Å². The predicted octanol–water partition coefficient (Wildman–Crippen LogP) is 3.48. The fourth-order valence-corrected chi connectivity index (χ4v) is 3.31. The number of aromatic nitrogens is 3. The molecule has 0 atom stereocenters. The number of hydrogen-bond donors (Lipinski definition) is 0. The monoisotopic (exact) mass is 320 g/mol. The number of carbonyl (C=O) groups excluding carboxylic acids is 1. The third-order valence-electron chi connectivity index (χ3n) is 4.61. The van der Waals surface area contributed by atoms with E-state index in [1.165, 1.54) is 11.1 Å². The largest absolute Gasteiger partial charge is 0.330 e.